The lowest BCUT2D eigenvalue weighted by Gasteiger charge is -2.10. The van der Waals surface area contributed by atoms with E-state index in [9.17, 15) is 0 Å². The molecule has 41 heavy (non-hydrogen) atoms. The lowest BCUT2D eigenvalue weighted by atomic mass is 10.0. The van der Waals surface area contributed by atoms with Crippen LogP contribution in [0.2, 0.25) is 0 Å². The van der Waals surface area contributed by atoms with E-state index in [1.807, 2.05) is 11.3 Å². The van der Waals surface area contributed by atoms with Gasteiger partial charge in [-0.2, -0.15) is 0 Å². The molecule has 0 amide bonds. The fourth-order valence-corrected chi connectivity index (χ4v) is 8.36. The Bertz CT molecular complexity index is 2700. The molecule has 3 heteroatoms. The monoisotopic (exact) mass is 538 g/mol. The summed E-state index contributed by atoms with van der Waals surface area (Å²) in [5.74, 6) is 0. The normalized spacial score (nSPS) is 12.4. The van der Waals surface area contributed by atoms with Crippen molar-refractivity contribution in [3.63, 3.8) is 0 Å². The SMILES string of the molecule is c1ccc2c(c1)sc1cc(-n3c4cccc5c6ccccc6c6ccccc6n6c7ccccc7c3c6c54)ccc12. The van der Waals surface area contributed by atoms with Crippen LogP contribution in [0.4, 0.5) is 0 Å². The van der Waals surface area contributed by atoms with Gasteiger partial charge in [0.25, 0.3) is 0 Å². The number of hydrogen-bond acceptors (Lipinski definition) is 1. The molecule has 10 rings (SSSR count). The van der Waals surface area contributed by atoms with Crippen molar-refractivity contribution in [3.05, 3.63) is 133 Å². The molecule has 6 aromatic carbocycles. The average Bonchev–Trinajstić information content (AvgIpc) is 3.67. The van der Waals surface area contributed by atoms with Crippen LogP contribution in [0.3, 0.4) is 0 Å². The van der Waals surface area contributed by atoms with Crippen molar-refractivity contribution in [1.29, 1.82) is 0 Å². The van der Waals surface area contributed by atoms with Gasteiger partial charge in [-0.3, -0.25) is 0 Å². The molecule has 10 aromatic rings. The maximum Gasteiger partial charge on any atom is 0.0810 e. The van der Waals surface area contributed by atoms with Gasteiger partial charge < -0.3 is 8.97 Å². The second kappa shape index (κ2) is 7.75. The highest BCUT2D eigenvalue weighted by Gasteiger charge is 2.23. The first-order valence-corrected chi connectivity index (χ1v) is 14.9. The number of para-hydroxylation sites is 2. The molecule has 2 nitrogen and oxygen atoms in total. The predicted octanol–water partition coefficient (Wildman–Crippen LogP) is 10.9. The Morgan fingerprint density at radius 2 is 0.976 bits per heavy atom. The number of fused-ring (bicyclic) bond motifs is 11. The maximum atomic E-state index is 2.51. The summed E-state index contributed by atoms with van der Waals surface area (Å²) in [5.41, 5.74) is 7.43. The molecule has 4 heterocycles. The van der Waals surface area contributed by atoms with Gasteiger partial charge in [-0.1, -0.05) is 97.1 Å². The number of thiophene rings is 1. The molecule has 0 bridgehead atoms. The zero-order valence-electron chi connectivity index (χ0n) is 22.0. The summed E-state index contributed by atoms with van der Waals surface area (Å²) in [7, 11) is 0. The first-order chi connectivity index (χ1) is 20.4. The van der Waals surface area contributed by atoms with Gasteiger partial charge in [-0.25, -0.2) is 0 Å². The van der Waals surface area contributed by atoms with Crippen molar-refractivity contribution in [2.75, 3.05) is 0 Å². The fraction of sp³-hybridized carbons (Fsp3) is 0. The van der Waals surface area contributed by atoms with Crippen LogP contribution in [0.5, 0.6) is 0 Å². The minimum absolute atomic E-state index is 1.20. The van der Waals surface area contributed by atoms with Crippen molar-refractivity contribution in [3.8, 4) is 5.69 Å². The van der Waals surface area contributed by atoms with Crippen LogP contribution in [-0.2, 0) is 0 Å². The van der Waals surface area contributed by atoms with Crippen LogP contribution in [0.1, 0.15) is 0 Å². The molecule has 0 radical (unpaired) electrons. The third-order valence-corrected chi connectivity index (χ3v) is 10.00. The molecule has 0 saturated carbocycles. The van der Waals surface area contributed by atoms with Crippen molar-refractivity contribution < 1.29 is 0 Å². The summed E-state index contributed by atoms with van der Waals surface area (Å²) in [6.07, 6.45) is 0. The van der Waals surface area contributed by atoms with Gasteiger partial charge in [0, 0.05) is 42.0 Å². The van der Waals surface area contributed by atoms with Crippen LogP contribution in [0.15, 0.2) is 133 Å². The number of hydrogen-bond donors (Lipinski definition) is 0. The summed E-state index contributed by atoms with van der Waals surface area (Å²) in [5, 5.41) is 10.3. The van der Waals surface area contributed by atoms with Crippen LogP contribution in [0, 0.1) is 0 Å². The Balaban J connectivity index is 1.51. The van der Waals surface area contributed by atoms with Gasteiger partial charge in [0.15, 0.2) is 0 Å². The van der Waals surface area contributed by atoms with Gasteiger partial charge in [0.2, 0.25) is 0 Å². The van der Waals surface area contributed by atoms with Gasteiger partial charge in [-0.05, 0) is 52.6 Å². The number of nitrogens with zero attached hydrogens (tertiary/aromatic N) is 2. The predicted molar refractivity (Wildman–Crippen MR) is 177 cm³/mol. The van der Waals surface area contributed by atoms with E-state index in [0.717, 1.165) is 0 Å². The Morgan fingerprint density at radius 1 is 0.390 bits per heavy atom. The van der Waals surface area contributed by atoms with E-state index in [1.165, 1.54) is 85.8 Å². The standard InChI is InChI=1S/C38H22N2S/c1-2-11-25-24(10-1)26-12-3-6-16-31(26)40-32-17-7-4-14-30(32)37-38(40)36-29(25)15-9-18-33(36)39(37)23-20-21-28-27-13-5-8-19-34(27)41-35(28)22-23/h1-22H. The minimum Gasteiger partial charge on any atom is -0.307 e. The molecular formula is C38H22N2S. The first kappa shape index (κ1) is 21.7. The van der Waals surface area contributed by atoms with Gasteiger partial charge in [0.1, 0.15) is 0 Å². The minimum atomic E-state index is 1.20. The van der Waals surface area contributed by atoms with Crippen molar-refractivity contribution in [2.45, 2.75) is 0 Å². The second-order valence-corrected chi connectivity index (χ2v) is 12.0. The van der Waals surface area contributed by atoms with Crippen LogP contribution in [-0.4, -0.2) is 8.97 Å². The molecule has 0 fully saturated rings. The lowest BCUT2D eigenvalue weighted by Crippen LogP contribution is -1.93. The Labute approximate surface area is 238 Å². The Kier molecular flexibility index (Phi) is 4.10. The van der Waals surface area contributed by atoms with Gasteiger partial charge in [0.05, 0.1) is 27.6 Å². The molecule has 0 atom stereocenters. The highest BCUT2D eigenvalue weighted by atomic mass is 32.1. The van der Waals surface area contributed by atoms with E-state index in [1.54, 1.807) is 0 Å². The highest BCUT2D eigenvalue weighted by Crippen LogP contribution is 2.44. The van der Waals surface area contributed by atoms with E-state index in [-0.39, 0.29) is 0 Å². The third-order valence-electron chi connectivity index (χ3n) is 8.86. The third kappa shape index (κ3) is 2.71. The lowest BCUT2D eigenvalue weighted by molar-refractivity contribution is 1.19. The maximum absolute atomic E-state index is 2.51. The zero-order chi connectivity index (χ0) is 26.7. The quantitative estimate of drug-likeness (QED) is 0.197. The van der Waals surface area contributed by atoms with Gasteiger partial charge >= 0.3 is 0 Å². The largest absolute Gasteiger partial charge is 0.307 e. The number of rotatable bonds is 1. The molecule has 0 spiro atoms. The van der Waals surface area contributed by atoms with Crippen molar-refractivity contribution in [1.82, 2.24) is 8.97 Å². The highest BCUT2D eigenvalue weighted by molar-refractivity contribution is 7.25. The first-order valence-electron chi connectivity index (χ1n) is 14.0. The molecule has 0 aliphatic heterocycles. The van der Waals surface area contributed by atoms with E-state index in [4.69, 9.17) is 0 Å². The molecule has 0 aliphatic rings. The number of benzene rings is 6. The average molecular weight is 539 g/mol. The molecule has 4 aromatic heterocycles. The molecule has 0 aliphatic carbocycles. The molecule has 0 saturated heterocycles. The van der Waals surface area contributed by atoms with Crippen LogP contribution >= 0.6 is 11.3 Å². The summed E-state index contributed by atoms with van der Waals surface area (Å²) in [6, 6.07) is 49.2. The molecule has 0 N–H and O–H groups in total. The fourth-order valence-electron chi connectivity index (χ4n) is 7.22. The summed E-state index contributed by atoms with van der Waals surface area (Å²) >= 11 is 1.88. The van der Waals surface area contributed by atoms with Crippen LogP contribution in [0.25, 0.3) is 85.8 Å². The summed E-state index contributed by atoms with van der Waals surface area (Å²) < 4.78 is 7.67. The van der Waals surface area contributed by atoms with E-state index < -0.39 is 0 Å². The summed E-state index contributed by atoms with van der Waals surface area (Å²) in [6.45, 7) is 0. The van der Waals surface area contributed by atoms with E-state index in [2.05, 4.69) is 142 Å². The van der Waals surface area contributed by atoms with Crippen molar-refractivity contribution >= 4 is 91.4 Å². The van der Waals surface area contributed by atoms with E-state index in [0.29, 0.717) is 0 Å². The molecule has 0 unspecified atom stereocenters. The smallest absolute Gasteiger partial charge is 0.0810 e. The van der Waals surface area contributed by atoms with Crippen LogP contribution < -0.4 is 0 Å². The van der Waals surface area contributed by atoms with Gasteiger partial charge in [-0.15, -0.1) is 11.3 Å². The molecule has 190 valence electrons. The topological polar surface area (TPSA) is 9.34 Å². The zero-order valence-corrected chi connectivity index (χ0v) is 22.8. The second-order valence-electron chi connectivity index (χ2n) is 10.9. The Morgan fingerprint density at radius 3 is 1.80 bits per heavy atom. The summed E-state index contributed by atoms with van der Waals surface area (Å²) in [4.78, 5) is 0. The van der Waals surface area contributed by atoms with E-state index >= 15 is 0 Å². The molecular weight excluding hydrogens is 516 g/mol. The van der Waals surface area contributed by atoms with Crippen molar-refractivity contribution in [2.24, 2.45) is 0 Å². The number of aromatic nitrogens is 2. The Hall–Kier alpha value is -5.12.